The van der Waals surface area contributed by atoms with Gasteiger partial charge in [0.1, 0.15) is 11.2 Å². The van der Waals surface area contributed by atoms with Crippen LogP contribution < -0.4 is 0 Å². The van der Waals surface area contributed by atoms with Crippen molar-refractivity contribution in [2.45, 2.75) is 75.6 Å². The molecule has 1 saturated carbocycles. The summed E-state index contributed by atoms with van der Waals surface area (Å²) in [6.07, 6.45) is -1.83. The van der Waals surface area contributed by atoms with Gasteiger partial charge >= 0.3 is 12.3 Å². The molecular weight excluding hydrogens is 413 g/mol. The predicted molar refractivity (Wildman–Crippen MR) is 104 cm³/mol. The quantitative estimate of drug-likeness (QED) is 0.721. The molecule has 0 N–H and O–H groups in total. The number of likely N-dealkylation sites (tertiary alicyclic amines) is 2. The highest BCUT2D eigenvalue weighted by molar-refractivity contribution is 5.91. The van der Waals surface area contributed by atoms with Crippen LogP contribution in [0.4, 0.5) is 18.0 Å². The Labute approximate surface area is 179 Å². The number of hydrogen-bond donors (Lipinski definition) is 0. The standard InChI is InChI=1S/C21H27F3N4O3/c1-14-4-10-25-16(26-14)20(6-7-20)17(29)28-11-3-5-19(28)8-12-27(13-9-19)18(30)31-15(2)21(22,23)24/h4,10,15H,3,5-9,11-13H2,1-2H3. The van der Waals surface area contributed by atoms with Crippen molar-refractivity contribution in [3.8, 4) is 0 Å². The summed E-state index contributed by atoms with van der Waals surface area (Å²) >= 11 is 0. The highest BCUT2D eigenvalue weighted by Crippen LogP contribution is 2.51. The molecule has 3 fully saturated rings. The van der Waals surface area contributed by atoms with Gasteiger partial charge in [0.15, 0.2) is 6.10 Å². The molecular formula is C21H27F3N4O3. The first-order chi connectivity index (χ1) is 14.6. The van der Waals surface area contributed by atoms with Crippen molar-refractivity contribution in [3.05, 3.63) is 23.8 Å². The third-order valence-corrected chi connectivity index (χ3v) is 6.91. The van der Waals surface area contributed by atoms with Crippen LogP contribution in [-0.2, 0) is 14.9 Å². The molecule has 1 aromatic rings. The van der Waals surface area contributed by atoms with Crippen LogP contribution in [-0.4, -0.2) is 69.2 Å². The number of aryl methyl sites for hydroxylation is 1. The zero-order chi connectivity index (χ0) is 22.4. The molecule has 3 heterocycles. The summed E-state index contributed by atoms with van der Waals surface area (Å²) in [7, 11) is 0. The smallest absolute Gasteiger partial charge is 0.425 e. The Morgan fingerprint density at radius 2 is 1.81 bits per heavy atom. The molecule has 4 rings (SSSR count). The van der Waals surface area contributed by atoms with E-state index < -0.39 is 23.8 Å². The number of rotatable bonds is 3. The summed E-state index contributed by atoms with van der Waals surface area (Å²) in [6, 6.07) is 1.80. The van der Waals surface area contributed by atoms with Crippen LogP contribution in [0.3, 0.4) is 0 Å². The molecule has 1 aromatic heterocycles. The number of hydrogen-bond acceptors (Lipinski definition) is 5. The highest BCUT2D eigenvalue weighted by Gasteiger charge is 2.59. The normalized spacial score (nSPS) is 23.0. The molecule has 170 valence electrons. The number of amides is 2. The SMILES string of the molecule is Cc1ccnc(C2(C(=O)N3CCCC34CCN(C(=O)OC(C)C(F)(F)F)CC4)CC2)n1. The van der Waals surface area contributed by atoms with Gasteiger partial charge in [0.05, 0.1) is 0 Å². The third-order valence-electron chi connectivity index (χ3n) is 6.91. The van der Waals surface area contributed by atoms with Crippen LogP contribution in [0.25, 0.3) is 0 Å². The second kappa shape index (κ2) is 7.63. The molecule has 2 aliphatic heterocycles. The van der Waals surface area contributed by atoms with Gasteiger partial charge in [-0.15, -0.1) is 0 Å². The fraction of sp³-hybridized carbons (Fsp3) is 0.714. The average Bonchev–Trinajstić information content (AvgIpc) is 3.44. The summed E-state index contributed by atoms with van der Waals surface area (Å²) in [5.41, 5.74) is -0.218. The Morgan fingerprint density at radius 1 is 1.13 bits per heavy atom. The van der Waals surface area contributed by atoms with Gasteiger partial charge in [0.2, 0.25) is 5.91 Å². The monoisotopic (exact) mass is 440 g/mol. The number of piperidine rings is 1. The van der Waals surface area contributed by atoms with E-state index in [0.717, 1.165) is 38.3 Å². The maximum absolute atomic E-state index is 13.6. The van der Waals surface area contributed by atoms with Crippen molar-refractivity contribution < 1.29 is 27.5 Å². The van der Waals surface area contributed by atoms with Gasteiger partial charge in [-0.2, -0.15) is 13.2 Å². The molecule has 2 amide bonds. The Kier molecular flexibility index (Phi) is 5.37. The molecule has 0 bridgehead atoms. The zero-order valence-electron chi connectivity index (χ0n) is 17.7. The maximum atomic E-state index is 13.6. The summed E-state index contributed by atoms with van der Waals surface area (Å²) in [4.78, 5) is 37.9. The first-order valence-corrected chi connectivity index (χ1v) is 10.7. The van der Waals surface area contributed by atoms with Crippen molar-refractivity contribution in [2.24, 2.45) is 0 Å². The Hall–Kier alpha value is -2.39. The number of nitrogens with zero attached hydrogens (tertiary/aromatic N) is 4. The number of alkyl halides is 3. The molecule has 1 spiro atoms. The van der Waals surface area contributed by atoms with Crippen molar-refractivity contribution in [1.29, 1.82) is 0 Å². The molecule has 1 aliphatic carbocycles. The van der Waals surface area contributed by atoms with Gasteiger partial charge in [-0.1, -0.05) is 0 Å². The molecule has 0 radical (unpaired) electrons. The molecule has 7 nitrogen and oxygen atoms in total. The van der Waals surface area contributed by atoms with E-state index in [0.29, 0.717) is 25.2 Å². The van der Waals surface area contributed by atoms with E-state index in [4.69, 9.17) is 0 Å². The van der Waals surface area contributed by atoms with Crippen LogP contribution >= 0.6 is 0 Å². The average molecular weight is 440 g/mol. The van der Waals surface area contributed by atoms with Crippen molar-refractivity contribution in [3.63, 3.8) is 0 Å². The summed E-state index contributed by atoms with van der Waals surface area (Å²) < 4.78 is 42.6. The molecule has 0 aromatic carbocycles. The minimum Gasteiger partial charge on any atom is -0.437 e. The fourth-order valence-corrected chi connectivity index (χ4v) is 4.77. The van der Waals surface area contributed by atoms with E-state index in [1.807, 2.05) is 11.8 Å². The second-order valence-corrected chi connectivity index (χ2v) is 8.94. The first kappa shape index (κ1) is 21.8. The Morgan fingerprint density at radius 3 is 2.39 bits per heavy atom. The molecule has 3 aliphatic rings. The highest BCUT2D eigenvalue weighted by atomic mass is 19.4. The number of ether oxygens (including phenoxy) is 1. The lowest BCUT2D eigenvalue weighted by Gasteiger charge is -2.45. The number of halogens is 3. The van der Waals surface area contributed by atoms with Crippen LogP contribution in [0, 0.1) is 6.92 Å². The van der Waals surface area contributed by atoms with Crippen molar-refractivity contribution in [1.82, 2.24) is 19.8 Å². The summed E-state index contributed by atoms with van der Waals surface area (Å²) in [5, 5.41) is 0. The molecule has 10 heteroatoms. The minimum atomic E-state index is -4.59. The van der Waals surface area contributed by atoms with Crippen LogP contribution in [0.1, 0.15) is 57.0 Å². The van der Waals surface area contributed by atoms with Gasteiger partial charge in [-0.05, 0) is 58.4 Å². The number of aromatic nitrogens is 2. The number of carbonyl (C=O) groups excluding carboxylic acids is 2. The maximum Gasteiger partial charge on any atom is 0.425 e. The van der Waals surface area contributed by atoms with E-state index in [-0.39, 0.29) is 24.5 Å². The Balaban J connectivity index is 1.43. The van der Waals surface area contributed by atoms with E-state index in [1.165, 1.54) is 4.90 Å². The molecule has 31 heavy (non-hydrogen) atoms. The van der Waals surface area contributed by atoms with Gasteiger partial charge in [-0.25, -0.2) is 14.8 Å². The minimum absolute atomic E-state index is 0.0392. The molecule has 1 atom stereocenters. The predicted octanol–water partition coefficient (Wildman–Crippen LogP) is 3.36. The lowest BCUT2D eigenvalue weighted by Crippen LogP contribution is -2.57. The molecule has 1 unspecified atom stereocenters. The summed E-state index contributed by atoms with van der Waals surface area (Å²) in [5.74, 6) is 0.610. The van der Waals surface area contributed by atoms with Crippen LogP contribution in [0.2, 0.25) is 0 Å². The lowest BCUT2D eigenvalue weighted by molar-refractivity contribution is -0.200. The second-order valence-electron chi connectivity index (χ2n) is 8.94. The van der Waals surface area contributed by atoms with Crippen molar-refractivity contribution >= 4 is 12.0 Å². The van der Waals surface area contributed by atoms with Crippen molar-refractivity contribution in [2.75, 3.05) is 19.6 Å². The van der Waals surface area contributed by atoms with E-state index >= 15 is 0 Å². The van der Waals surface area contributed by atoms with Gasteiger partial charge in [0.25, 0.3) is 0 Å². The van der Waals surface area contributed by atoms with E-state index in [1.54, 1.807) is 12.3 Å². The van der Waals surface area contributed by atoms with Crippen LogP contribution in [0.5, 0.6) is 0 Å². The Bertz CT molecular complexity index is 864. The van der Waals surface area contributed by atoms with E-state index in [9.17, 15) is 22.8 Å². The lowest BCUT2D eigenvalue weighted by atomic mass is 9.84. The van der Waals surface area contributed by atoms with Gasteiger partial charge in [-0.3, -0.25) is 4.79 Å². The third kappa shape index (κ3) is 3.96. The zero-order valence-corrected chi connectivity index (χ0v) is 17.7. The topological polar surface area (TPSA) is 75.6 Å². The fourth-order valence-electron chi connectivity index (χ4n) is 4.77. The van der Waals surface area contributed by atoms with Gasteiger partial charge in [0, 0.05) is 37.1 Å². The van der Waals surface area contributed by atoms with Crippen LogP contribution in [0.15, 0.2) is 12.3 Å². The number of carbonyl (C=O) groups is 2. The largest absolute Gasteiger partial charge is 0.437 e. The summed E-state index contributed by atoms with van der Waals surface area (Å²) in [6.45, 7) is 3.87. The van der Waals surface area contributed by atoms with Gasteiger partial charge < -0.3 is 14.5 Å². The first-order valence-electron chi connectivity index (χ1n) is 10.7. The molecule has 2 saturated heterocycles. The van der Waals surface area contributed by atoms with E-state index in [2.05, 4.69) is 14.7 Å².